The first kappa shape index (κ1) is 36.8. The molecule has 0 amide bonds. The summed E-state index contributed by atoms with van der Waals surface area (Å²) >= 11 is 0. The van der Waals surface area contributed by atoms with Crippen LogP contribution >= 0.6 is 0 Å². The van der Waals surface area contributed by atoms with Crippen molar-refractivity contribution in [3.8, 4) is 44.9 Å². The number of rotatable bonds is 10. The molecule has 0 heterocycles. The Labute approximate surface area is 354 Å². The Balaban J connectivity index is 1.24. The van der Waals surface area contributed by atoms with Gasteiger partial charge < -0.3 is 19.7 Å². The van der Waals surface area contributed by atoms with Crippen molar-refractivity contribution in [2.45, 2.75) is 5.41 Å². The number of benzene rings is 10. The summed E-state index contributed by atoms with van der Waals surface area (Å²) < 4.78 is 11.9. The summed E-state index contributed by atoms with van der Waals surface area (Å²) in [5.41, 5.74) is 10.9. The third-order valence-electron chi connectivity index (χ3n) is 12.6. The van der Waals surface area contributed by atoms with Crippen molar-refractivity contribution in [1.82, 2.24) is 0 Å². The summed E-state index contributed by atoms with van der Waals surface area (Å²) in [4.78, 5) is 0. The topological polar surface area (TPSA) is 58.9 Å². The predicted octanol–water partition coefficient (Wildman–Crippen LogP) is 12.7. The molecule has 4 heteroatoms. The van der Waals surface area contributed by atoms with E-state index in [1.165, 1.54) is 76.5 Å². The van der Waals surface area contributed by atoms with Gasteiger partial charge in [-0.1, -0.05) is 146 Å². The van der Waals surface area contributed by atoms with Gasteiger partial charge in [-0.25, -0.2) is 0 Å². The number of fused-ring (bicyclic) bond motifs is 7. The van der Waals surface area contributed by atoms with Gasteiger partial charge in [0.25, 0.3) is 0 Å². The van der Waals surface area contributed by atoms with E-state index in [4.69, 9.17) is 9.47 Å². The Kier molecular flexibility index (Phi) is 9.11. The number of hydrogen-bond acceptors (Lipinski definition) is 4. The zero-order valence-electron chi connectivity index (χ0n) is 33.5. The van der Waals surface area contributed by atoms with E-state index in [-0.39, 0.29) is 26.4 Å². The molecule has 0 atom stereocenters. The molecule has 1 aliphatic carbocycles. The van der Waals surface area contributed by atoms with Crippen LogP contribution in [0.4, 0.5) is 0 Å². The van der Waals surface area contributed by atoms with E-state index in [9.17, 15) is 10.2 Å². The molecule has 0 radical (unpaired) electrons. The van der Waals surface area contributed by atoms with E-state index >= 15 is 0 Å². The SMILES string of the molecule is OCCOc1ccc(C2(c3ccc(OCCO)cc3)c3cc(-c4c5ccccc5cc5ccccc45)ccc3-c3ccc(-c4c5ccccc5cc5ccccc45)cc32)cc1. The zero-order chi connectivity index (χ0) is 40.9. The van der Waals surface area contributed by atoms with E-state index < -0.39 is 5.41 Å². The van der Waals surface area contributed by atoms with Crippen LogP contribution in [0.3, 0.4) is 0 Å². The molecule has 0 unspecified atom stereocenters. The Morgan fingerprint density at radius 3 is 1.05 bits per heavy atom. The molecular weight excluding hydrogens is 749 g/mol. The average Bonchev–Trinajstić information content (AvgIpc) is 3.60. The Bertz CT molecular complexity index is 2950. The standard InChI is InChI=1S/C57H42O4/c58-29-31-60-45-23-19-43(20-24-45)57(44-21-25-46(26-22-44)61-32-30-59)53-35-41(55-47-13-5-1-9-37(47)33-38-10-2-6-14-48(38)55)17-27-51(53)52-28-18-42(36-54(52)57)56-49-15-7-3-11-39(49)34-40-12-4-8-16-50(40)56/h1-28,33-36,58-59H,29-32H2. The molecule has 11 rings (SSSR count). The second-order valence-electron chi connectivity index (χ2n) is 15.9. The van der Waals surface area contributed by atoms with Crippen LogP contribution in [0.1, 0.15) is 22.3 Å². The summed E-state index contributed by atoms with van der Waals surface area (Å²) in [7, 11) is 0. The summed E-state index contributed by atoms with van der Waals surface area (Å²) in [6.07, 6.45) is 0. The van der Waals surface area contributed by atoms with Gasteiger partial charge in [0.2, 0.25) is 0 Å². The second-order valence-corrected chi connectivity index (χ2v) is 15.9. The minimum Gasteiger partial charge on any atom is -0.491 e. The van der Waals surface area contributed by atoms with Gasteiger partial charge in [0.1, 0.15) is 24.7 Å². The first-order valence-corrected chi connectivity index (χ1v) is 21.0. The summed E-state index contributed by atoms with van der Waals surface area (Å²) in [6, 6.07) is 70.3. The number of aliphatic hydroxyl groups is 2. The zero-order valence-corrected chi connectivity index (χ0v) is 33.5. The van der Waals surface area contributed by atoms with Crippen LogP contribution in [0.5, 0.6) is 11.5 Å². The lowest BCUT2D eigenvalue weighted by molar-refractivity contribution is 0.201. The van der Waals surface area contributed by atoms with Crippen molar-refractivity contribution >= 4 is 43.1 Å². The highest BCUT2D eigenvalue weighted by atomic mass is 16.5. The fourth-order valence-electron chi connectivity index (χ4n) is 10.0. The maximum atomic E-state index is 9.59. The summed E-state index contributed by atoms with van der Waals surface area (Å²) in [5, 5.41) is 28.8. The van der Waals surface area contributed by atoms with Crippen LogP contribution < -0.4 is 9.47 Å². The molecule has 1 aliphatic rings. The van der Waals surface area contributed by atoms with Gasteiger partial charge in [0, 0.05) is 0 Å². The van der Waals surface area contributed by atoms with Crippen molar-refractivity contribution in [2.75, 3.05) is 26.4 Å². The normalized spacial score (nSPS) is 12.8. The van der Waals surface area contributed by atoms with Crippen molar-refractivity contribution in [2.24, 2.45) is 0 Å². The Hall–Kier alpha value is -7.24. The van der Waals surface area contributed by atoms with Crippen LogP contribution in [0.2, 0.25) is 0 Å². The number of ether oxygens (including phenoxy) is 2. The third kappa shape index (κ3) is 5.98. The molecule has 0 fully saturated rings. The molecule has 0 aromatic heterocycles. The molecular formula is C57H42O4. The molecule has 0 spiro atoms. The quantitative estimate of drug-likeness (QED) is 0.135. The predicted molar refractivity (Wildman–Crippen MR) is 250 cm³/mol. The molecule has 0 saturated carbocycles. The van der Waals surface area contributed by atoms with Crippen molar-refractivity contribution < 1.29 is 19.7 Å². The monoisotopic (exact) mass is 790 g/mol. The van der Waals surface area contributed by atoms with Gasteiger partial charge in [-0.05, 0) is 147 Å². The number of hydrogen-bond donors (Lipinski definition) is 2. The van der Waals surface area contributed by atoms with E-state index in [1.807, 2.05) is 24.3 Å². The average molecular weight is 791 g/mol. The van der Waals surface area contributed by atoms with Crippen LogP contribution in [0.25, 0.3) is 76.5 Å². The molecule has 10 aromatic carbocycles. The van der Waals surface area contributed by atoms with Crippen LogP contribution in [-0.4, -0.2) is 36.6 Å². The Morgan fingerprint density at radius 2 is 0.705 bits per heavy atom. The lowest BCUT2D eigenvalue weighted by Gasteiger charge is -2.34. The molecule has 0 saturated heterocycles. The highest BCUT2D eigenvalue weighted by molar-refractivity contribution is 6.14. The molecule has 0 aliphatic heterocycles. The second kappa shape index (κ2) is 15.1. The first-order chi connectivity index (χ1) is 30.1. The first-order valence-electron chi connectivity index (χ1n) is 21.0. The summed E-state index contributed by atoms with van der Waals surface area (Å²) in [6.45, 7) is 0.315. The van der Waals surface area contributed by atoms with Crippen LogP contribution in [0.15, 0.2) is 194 Å². The highest BCUT2D eigenvalue weighted by Gasteiger charge is 2.47. The minimum absolute atomic E-state index is 0.0611. The van der Waals surface area contributed by atoms with E-state index in [0.717, 1.165) is 22.3 Å². The smallest absolute Gasteiger partial charge is 0.119 e. The van der Waals surface area contributed by atoms with Crippen molar-refractivity contribution in [3.63, 3.8) is 0 Å². The van der Waals surface area contributed by atoms with Gasteiger partial charge in [-0.3, -0.25) is 0 Å². The van der Waals surface area contributed by atoms with Gasteiger partial charge in [-0.2, -0.15) is 0 Å². The summed E-state index contributed by atoms with van der Waals surface area (Å²) in [5.74, 6) is 1.40. The van der Waals surface area contributed by atoms with Gasteiger partial charge >= 0.3 is 0 Å². The van der Waals surface area contributed by atoms with E-state index in [0.29, 0.717) is 11.5 Å². The van der Waals surface area contributed by atoms with Crippen molar-refractivity contribution in [3.05, 3.63) is 216 Å². The maximum Gasteiger partial charge on any atom is 0.119 e. The maximum absolute atomic E-state index is 9.59. The Morgan fingerprint density at radius 1 is 0.361 bits per heavy atom. The lowest BCUT2D eigenvalue weighted by Crippen LogP contribution is -2.28. The van der Waals surface area contributed by atoms with E-state index in [1.54, 1.807) is 0 Å². The highest BCUT2D eigenvalue weighted by Crippen LogP contribution is 2.58. The van der Waals surface area contributed by atoms with Crippen molar-refractivity contribution in [1.29, 1.82) is 0 Å². The number of aliphatic hydroxyl groups excluding tert-OH is 2. The van der Waals surface area contributed by atoms with Crippen LogP contribution in [0, 0.1) is 0 Å². The van der Waals surface area contributed by atoms with Gasteiger partial charge in [0.15, 0.2) is 0 Å². The molecule has 2 N–H and O–H groups in total. The minimum atomic E-state index is -0.775. The molecule has 10 aromatic rings. The van der Waals surface area contributed by atoms with Gasteiger partial charge in [-0.15, -0.1) is 0 Å². The van der Waals surface area contributed by atoms with Gasteiger partial charge in [0.05, 0.1) is 18.6 Å². The molecule has 294 valence electrons. The fraction of sp³-hybridized carbons (Fsp3) is 0.0877. The lowest BCUT2D eigenvalue weighted by atomic mass is 9.67. The molecule has 0 bridgehead atoms. The third-order valence-corrected chi connectivity index (χ3v) is 12.6. The van der Waals surface area contributed by atoms with E-state index in [2.05, 4.69) is 170 Å². The largest absolute Gasteiger partial charge is 0.491 e. The van der Waals surface area contributed by atoms with Crippen LogP contribution in [-0.2, 0) is 5.41 Å². The molecule has 4 nitrogen and oxygen atoms in total. The molecule has 61 heavy (non-hydrogen) atoms. The fourth-order valence-corrected chi connectivity index (χ4v) is 10.0.